The second-order valence-corrected chi connectivity index (χ2v) is 6.39. The minimum Gasteiger partial charge on any atom is -0.481 e. The molecule has 0 saturated carbocycles. The van der Waals surface area contributed by atoms with Gasteiger partial charge in [-0.25, -0.2) is 0 Å². The quantitative estimate of drug-likeness (QED) is 0.705. The van der Waals surface area contributed by atoms with E-state index >= 15 is 0 Å². The second kappa shape index (κ2) is 6.92. The number of rotatable bonds is 8. The highest BCUT2D eigenvalue weighted by Crippen LogP contribution is 2.48. The fraction of sp³-hybridized carbons (Fsp3) is 0.867. The smallest absolute Gasteiger partial charge is 0.310 e. The Morgan fingerprint density at radius 3 is 1.89 bits per heavy atom. The Hall–Kier alpha value is -1.06. The minimum atomic E-state index is -0.970. The summed E-state index contributed by atoms with van der Waals surface area (Å²) >= 11 is 0. The zero-order valence-corrected chi connectivity index (χ0v) is 12.8. The molecule has 2 unspecified atom stereocenters. The van der Waals surface area contributed by atoms with Crippen molar-refractivity contribution >= 4 is 11.9 Å². The zero-order valence-electron chi connectivity index (χ0n) is 12.8. The SMILES string of the molecule is CCCCC(CC(CC)C(=O)O)(C(=O)O)C(C)(C)C. The summed E-state index contributed by atoms with van der Waals surface area (Å²) < 4.78 is 0. The molecule has 0 fully saturated rings. The highest BCUT2D eigenvalue weighted by Gasteiger charge is 2.49. The summed E-state index contributed by atoms with van der Waals surface area (Å²) in [4.78, 5) is 23.1. The molecular weight excluding hydrogens is 244 g/mol. The first-order valence-corrected chi connectivity index (χ1v) is 7.08. The van der Waals surface area contributed by atoms with Crippen molar-refractivity contribution in [2.24, 2.45) is 16.7 Å². The highest BCUT2D eigenvalue weighted by molar-refractivity contribution is 5.77. The number of carboxylic acid groups (broad SMARTS) is 2. The summed E-state index contributed by atoms with van der Waals surface area (Å²) in [6.45, 7) is 9.50. The predicted molar refractivity (Wildman–Crippen MR) is 75.1 cm³/mol. The molecule has 0 rings (SSSR count). The minimum absolute atomic E-state index is 0.206. The highest BCUT2D eigenvalue weighted by atomic mass is 16.4. The van der Waals surface area contributed by atoms with Gasteiger partial charge in [-0.05, 0) is 24.7 Å². The molecule has 0 aliphatic rings. The Morgan fingerprint density at radius 2 is 1.63 bits per heavy atom. The van der Waals surface area contributed by atoms with Gasteiger partial charge in [-0.2, -0.15) is 0 Å². The summed E-state index contributed by atoms with van der Waals surface area (Å²) in [5, 5.41) is 18.9. The number of hydrogen-bond donors (Lipinski definition) is 2. The van der Waals surface area contributed by atoms with Crippen LogP contribution in [-0.4, -0.2) is 22.2 Å². The maximum Gasteiger partial charge on any atom is 0.310 e. The van der Waals surface area contributed by atoms with Crippen LogP contribution in [-0.2, 0) is 9.59 Å². The first-order chi connectivity index (χ1) is 8.62. The standard InChI is InChI=1S/C15H28O4/c1-6-8-9-15(13(18)19,14(3,4)5)10-11(7-2)12(16)17/h11H,6-10H2,1-5H3,(H,16,17)(H,18,19). The normalized spacial score (nSPS) is 16.7. The summed E-state index contributed by atoms with van der Waals surface area (Å²) in [6.07, 6.45) is 2.92. The Balaban J connectivity index is 5.45. The van der Waals surface area contributed by atoms with Crippen molar-refractivity contribution in [2.75, 3.05) is 0 Å². The average molecular weight is 272 g/mol. The Labute approximate surface area is 116 Å². The fourth-order valence-electron chi connectivity index (χ4n) is 2.60. The van der Waals surface area contributed by atoms with Gasteiger partial charge >= 0.3 is 11.9 Å². The van der Waals surface area contributed by atoms with Crippen molar-refractivity contribution in [1.29, 1.82) is 0 Å². The Kier molecular flexibility index (Phi) is 6.53. The molecule has 0 bridgehead atoms. The average Bonchev–Trinajstić information content (AvgIpc) is 2.27. The van der Waals surface area contributed by atoms with Crippen molar-refractivity contribution in [3.8, 4) is 0 Å². The van der Waals surface area contributed by atoms with Gasteiger partial charge in [0.2, 0.25) is 0 Å². The predicted octanol–water partition coefficient (Wildman–Crippen LogP) is 3.79. The lowest BCUT2D eigenvalue weighted by Gasteiger charge is -2.43. The molecule has 0 aliphatic carbocycles. The first-order valence-electron chi connectivity index (χ1n) is 7.08. The topological polar surface area (TPSA) is 74.6 Å². The van der Waals surface area contributed by atoms with Crippen LogP contribution in [0.5, 0.6) is 0 Å². The lowest BCUT2D eigenvalue weighted by molar-refractivity contribution is -0.161. The van der Waals surface area contributed by atoms with Gasteiger partial charge in [-0.3, -0.25) is 9.59 Å². The third kappa shape index (κ3) is 4.22. The van der Waals surface area contributed by atoms with Gasteiger partial charge in [0.05, 0.1) is 11.3 Å². The molecule has 2 N–H and O–H groups in total. The van der Waals surface area contributed by atoms with Gasteiger partial charge in [-0.15, -0.1) is 0 Å². The van der Waals surface area contributed by atoms with Crippen LogP contribution in [0, 0.1) is 16.7 Å². The van der Waals surface area contributed by atoms with Crippen LogP contribution in [0.1, 0.15) is 66.7 Å². The fourth-order valence-corrected chi connectivity index (χ4v) is 2.60. The number of carbonyl (C=O) groups is 2. The molecule has 2 atom stereocenters. The zero-order chi connectivity index (χ0) is 15.3. The molecule has 0 radical (unpaired) electrons. The molecule has 0 aromatic heterocycles. The molecule has 112 valence electrons. The van der Waals surface area contributed by atoms with Gasteiger partial charge < -0.3 is 10.2 Å². The lowest BCUT2D eigenvalue weighted by atomic mass is 9.60. The van der Waals surface area contributed by atoms with E-state index in [-0.39, 0.29) is 6.42 Å². The van der Waals surface area contributed by atoms with Crippen LogP contribution in [0.2, 0.25) is 0 Å². The summed E-state index contributed by atoms with van der Waals surface area (Å²) in [5.41, 5.74) is -1.43. The van der Waals surface area contributed by atoms with Crippen LogP contribution in [0.15, 0.2) is 0 Å². The van der Waals surface area contributed by atoms with E-state index in [9.17, 15) is 19.8 Å². The van der Waals surface area contributed by atoms with E-state index < -0.39 is 28.7 Å². The molecular formula is C15H28O4. The molecule has 0 spiro atoms. The third-order valence-corrected chi connectivity index (χ3v) is 4.24. The number of unbranched alkanes of at least 4 members (excludes halogenated alkanes) is 1. The van der Waals surface area contributed by atoms with Crippen LogP contribution in [0.25, 0.3) is 0 Å². The molecule has 0 aromatic rings. The second-order valence-electron chi connectivity index (χ2n) is 6.39. The number of aliphatic carboxylic acids is 2. The molecule has 4 heteroatoms. The Morgan fingerprint density at radius 1 is 1.11 bits per heavy atom. The van der Waals surface area contributed by atoms with Gasteiger partial charge in [-0.1, -0.05) is 47.5 Å². The van der Waals surface area contributed by atoms with Crippen molar-refractivity contribution < 1.29 is 19.8 Å². The number of carboxylic acids is 2. The molecule has 0 aromatic carbocycles. The van der Waals surface area contributed by atoms with Crippen LogP contribution < -0.4 is 0 Å². The largest absolute Gasteiger partial charge is 0.481 e. The maximum atomic E-state index is 11.9. The van der Waals surface area contributed by atoms with Gasteiger partial charge in [0, 0.05) is 0 Å². The summed E-state index contributed by atoms with van der Waals surface area (Å²) in [5.74, 6) is -2.35. The van der Waals surface area contributed by atoms with Crippen molar-refractivity contribution in [3.05, 3.63) is 0 Å². The van der Waals surface area contributed by atoms with Gasteiger partial charge in [0.1, 0.15) is 0 Å². The van der Waals surface area contributed by atoms with Crippen LogP contribution in [0.3, 0.4) is 0 Å². The summed E-state index contributed by atoms with van der Waals surface area (Å²) in [7, 11) is 0. The lowest BCUT2D eigenvalue weighted by Crippen LogP contribution is -2.45. The van der Waals surface area contributed by atoms with Crippen molar-refractivity contribution in [1.82, 2.24) is 0 Å². The van der Waals surface area contributed by atoms with E-state index in [0.29, 0.717) is 12.8 Å². The Bertz CT molecular complexity index is 317. The van der Waals surface area contributed by atoms with E-state index in [0.717, 1.165) is 12.8 Å². The monoisotopic (exact) mass is 272 g/mol. The molecule has 0 saturated heterocycles. The molecule has 0 amide bonds. The summed E-state index contributed by atoms with van der Waals surface area (Å²) in [6, 6.07) is 0. The van der Waals surface area contributed by atoms with E-state index in [4.69, 9.17) is 0 Å². The maximum absolute atomic E-state index is 11.9. The van der Waals surface area contributed by atoms with Crippen molar-refractivity contribution in [2.45, 2.75) is 66.7 Å². The third-order valence-electron chi connectivity index (χ3n) is 4.24. The van der Waals surface area contributed by atoms with E-state index in [1.165, 1.54) is 0 Å². The number of hydrogen-bond acceptors (Lipinski definition) is 2. The van der Waals surface area contributed by atoms with E-state index in [2.05, 4.69) is 0 Å². The van der Waals surface area contributed by atoms with Gasteiger partial charge in [0.25, 0.3) is 0 Å². The van der Waals surface area contributed by atoms with E-state index in [1.54, 1.807) is 6.92 Å². The molecule has 0 heterocycles. The molecule has 19 heavy (non-hydrogen) atoms. The molecule has 0 aliphatic heterocycles. The van der Waals surface area contributed by atoms with E-state index in [1.807, 2.05) is 27.7 Å². The van der Waals surface area contributed by atoms with Crippen molar-refractivity contribution in [3.63, 3.8) is 0 Å². The molecule has 4 nitrogen and oxygen atoms in total. The van der Waals surface area contributed by atoms with Crippen LogP contribution >= 0.6 is 0 Å². The van der Waals surface area contributed by atoms with Gasteiger partial charge in [0.15, 0.2) is 0 Å². The van der Waals surface area contributed by atoms with Crippen LogP contribution in [0.4, 0.5) is 0 Å². The first kappa shape index (κ1) is 17.9.